The number of carbonyl (C=O) groups is 2. The van der Waals surface area contributed by atoms with E-state index in [2.05, 4.69) is 15.7 Å². The van der Waals surface area contributed by atoms with Gasteiger partial charge in [0.25, 0.3) is 11.8 Å². The second-order valence-corrected chi connectivity index (χ2v) is 10.2. The molecule has 35 heavy (non-hydrogen) atoms. The van der Waals surface area contributed by atoms with Gasteiger partial charge in [0, 0.05) is 34.8 Å². The number of ether oxygens (including phenoxy) is 1. The third-order valence-electron chi connectivity index (χ3n) is 7.39. The van der Waals surface area contributed by atoms with Gasteiger partial charge in [-0.15, -0.1) is 0 Å². The van der Waals surface area contributed by atoms with E-state index in [1.54, 1.807) is 35.3 Å². The number of carbonyl (C=O) groups excluding carboxylic acids is 2. The molecule has 0 unspecified atom stereocenters. The third-order valence-corrected chi connectivity index (χ3v) is 7.62. The molecule has 2 bridgehead atoms. The number of rotatable bonds is 5. The lowest BCUT2D eigenvalue weighted by atomic mass is 9.76. The molecule has 3 fully saturated rings. The molecule has 3 N–H and O–H groups in total. The Morgan fingerprint density at radius 3 is 2.74 bits per heavy atom. The second-order valence-electron chi connectivity index (χ2n) is 9.77. The van der Waals surface area contributed by atoms with E-state index in [4.69, 9.17) is 16.3 Å². The van der Waals surface area contributed by atoms with Crippen molar-refractivity contribution in [1.82, 2.24) is 20.4 Å². The number of hydrogen-bond donors (Lipinski definition) is 3. The molecule has 2 amide bonds. The number of aliphatic hydroxyl groups is 1. The minimum absolute atomic E-state index is 0.0105. The molecule has 3 saturated carbocycles. The molecule has 1 aliphatic heterocycles. The number of fused-ring (bicyclic) bond motifs is 2. The van der Waals surface area contributed by atoms with Crippen LogP contribution in [0, 0.1) is 5.92 Å². The van der Waals surface area contributed by atoms with E-state index in [0.29, 0.717) is 34.2 Å². The highest BCUT2D eigenvalue weighted by atomic mass is 35.5. The summed E-state index contributed by atoms with van der Waals surface area (Å²) in [6.45, 7) is 0. The van der Waals surface area contributed by atoms with Gasteiger partial charge in [-0.05, 0) is 55.5 Å². The Labute approximate surface area is 207 Å². The molecule has 0 radical (unpaired) electrons. The topological polar surface area (TPSA) is 105 Å². The molecule has 4 aliphatic rings. The van der Waals surface area contributed by atoms with Crippen molar-refractivity contribution in [2.45, 2.75) is 49.5 Å². The molecular weight excluding hydrogens is 468 g/mol. The average Bonchev–Trinajstić information content (AvgIpc) is 3.53. The zero-order chi connectivity index (χ0) is 24.2. The van der Waals surface area contributed by atoms with E-state index in [1.165, 1.54) is 0 Å². The first-order valence-electron chi connectivity index (χ1n) is 11.8. The highest BCUT2D eigenvalue weighted by molar-refractivity contribution is 6.30. The molecule has 3 aliphatic carbocycles. The van der Waals surface area contributed by atoms with Crippen LogP contribution in [0.15, 0.2) is 60.9 Å². The van der Waals surface area contributed by atoms with E-state index in [9.17, 15) is 14.7 Å². The first-order valence-corrected chi connectivity index (χ1v) is 12.1. The molecule has 7 rings (SSSR count). The summed E-state index contributed by atoms with van der Waals surface area (Å²) in [5, 5.41) is 21.6. The molecule has 0 saturated heterocycles. The lowest BCUT2D eigenvalue weighted by molar-refractivity contribution is -0.133. The Morgan fingerprint density at radius 2 is 1.94 bits per heavy atom. The van der Waals surface area contributed by atoms with Crippen molar-refractivity contribution in [1.29, 1.82) is 0 Å². The van der Waals surface area contributed by atoms with Crippen LogP contribution < -0.4 is 15.4 Å². The van der Waals surface area contributed by atoms with Gasteiger partial charge in [-0.3, -0.25) is 9.59 Å². The molecule has 9 heteroatoms. The van der Waals surface area contributed by atoms with Crippen molar-refractivity contribution in [2.75, 3.05) is 0 Å². The van der Waals surface area contributed by atoms with Gasteiger partial charge in [0.15, 0.2) is 6.10 Å². The monoisotopic (exact) mass is 492 g/mol. The standard InChI is InChI=1S/C26H25ClN4O4/c27-17-6-7-22-19(8-17)21(32)9-23(35-22)25(34)30-26-10-15(11-26)20(12-26)29-24(33)16-13-28-31(14-16)18-4-2-1-3-5-18/h1-8,13-15,20-21,23,32H,9-12H2,(H,29,33)(H,30,34)/t15?,20-,21-,23-,26?/m1/s1. The number of benzene rings is 2. The third kappa shape index (κ3) is 4.06. The van der Waals surface area contributed by atoms with Crippen LogP contribution in [0.4, 0.5) is 0 Å². The predicted octanol–water partition coefficient (Wildman–Crippen LogP) is 3.18. The summed E-state index contributed by atoms with van der Waals surface area (Å²) < 4.78 is 7.55. The van der Waals surface area contributed by atoms with E-state index >= 15 is 0 Å². The fourth-order valence-corrected chi connectivity index (χ4v) is 5.82. The van der Waals surface area contributed by atoms with Gasteiger partial charge in [-0.25, -0.2) is 4.68 Å². The number of aromatic nitrogens is 2. The zero-order valence-corrected chi connectivity index (χ0v) is 19.6. The summed E-state index contributed by atoms with van der Waals surface area (Å²) in [6, 6.07) is 14.6. The number of para-hydroxylation sites is 1. The molecule has 0 spiro atoms. The van der Waals surface area contributed by atoms with Gasteiger partial charge >= 0.3 is 0 Å². The van der Waals surface area contributed by atoms with E-state index in [0.717, 1.165) is 18.5 Å². The lowest BCUT2D eigenvalue weighted by Gasteiger charge is -2.40. The predicted molar refractivity (Wildman–Crippen MR) is 128 cm³/mol. The zero-order valence-electron chi connectivity index (χ0n) is 18.9. The largest absolute Gasteiger partial charge is 0.480 e. The fraction of sp³-hybridized carbons (Fsp3) is 0.346. The highest BCUT2D eigenvalue weighted by Gasteiger charge is 2.57. The maximum atomic E-state index is 13.0. The number of amides is 2. The van der Waals surface area contributed by atoms with Crippen LogP contribution in [0.3, 0.4) is 0 Å². The summed E-state index contributed by atoms with van der Waals surface area (Å²) in [7, 11) is 0. The molecular formula is C26H25ClN4O4. The van der Waals surface area contributed by atoms with Crippen LogP contribution in [0.5, 0.6) is 5.75 Å². The van der Waals surface area contributed by atoms with Crippen molar-refractivity contribution in [3.05, 3.63) is 77.1 Å². The fourth-order valence-electron chi connectivity index (χ4n) is 5.64. The molecule has 3 atom stereocenters. The van der Waals surface area contributed by atoms with E-state index < -0.39 is 12.2 Å². The van der Waals surface area contributed by atoms with E-state index in [-0.39, 0.29) is 29.8 Å². The van der Waals surface area contributed by atoms with Gasteiger partial charge in [-0.2, -0.15) is 5.10 Å². The Kier molecular flexibility index (Phi) is 5.30. The Hall–Kier alpha value is -3.36. The smallest absolute Gasteiger partial charge is 0.261 e. The van der Waals surface area contributed by atoms with Crippen molar-refractivity contribution >= 4 is 23.4 Å². The van der Waals surface area contributed by atoms with Crippen LogP contribution in [0.25, 0.3) is 5.69 Å². The van der Waals surface area contributed by atoms with Crippen molar-refractivity contribution < 1.29 is 19.4 Å². The number of hydrogen-bond acceptors (Lipinski definition) is 5. The summed E-state index contributed by atoms with van der Waals surface area (Å²) >= 11 is 6.02. The Bertz CT molecular complexity index is 1290. The van der Waals surface area contributed by atoms with E-state index in [1.807, 2.05) is 30.3 Å². The lowest BCUT2D eigenvalue weighted by Crippen LogP contribution is -2.56. The minimum atomic E-state index is -0.813. The quantitative estimate of drug-likeness (QED) is 0.507. The van der Waals surface area contributed by atoms with Gasteiger partial charge in [0.05, 0.1) is 23.6 Å². The second kappa shape index (κ2) is 8.39. The number of halogens is 1. The van der Waals surface area contributed by atoms with Crippen LogP contribution in [-0.2, 0) is 4.79 Å². The SMILES string of the molecule is O=C(N[C@@H]1CC2(NC(=O)[C@H]3C[C@@H](O)c4cc(Cl)ccc4O3)CC1C2)c1cnn(-c2ccccc2)c1. The van der Waals surface area contributed by atoms with Gasteiger partial charge < -0.3 is 20.5 Å². The normalized spacial score (nSPS) is 28.4. The van der Waals surface area contributed by atoms with Crippen molar-refractivity contribution in [3.8, 4) is 11.4 Å². The van der Waals surface area contributed by atoms with Gasteiger partial charge in [-0.1, -0.05) is 29.8 Å². The van der Waals surface area contributed by atoms with Crippen LogP contribution >= 0.6 is 11.6 Å². The summed E-state index contributed by atoms with van der Waals surface area (Å²) in [5.41, 5.74) is 1.64. The minimum Gasteiger partial charge on any atom is -0.480 e. The van der Waals surface area contributed by atoms with Gasteiger partial charge in [0.2, 0.25) is 0 Å². The van der Waals surface area contributed by atoms with Crippen LogP contribution in [0.1, 0.15) is 47.7 Å². The maximum Gasteiger partial charge on any atom is 0.261 e. The molecule has 2 heterocycles. The molecule has 2 aromatic carbocycles. The number of aliphatic hydroxyl groups excluding tert-OH is 1. The van der Waals surface area contributed by atoms with Crippen LogP contribution in [-0.4, -0.2) is 44.4 Å². The van der Waals surface area contributed by atoms with Crippen LogP contribution in [0.2, 0.25) is 5.02 Å². The summed E-state index contributed by atoms with van der Waals surface area (Å²) in [4.78, 5) is 25.9. The van der Waals surface area contributed by atoms with Crippen molar-refractivity contribution in [3.63, 3.8) is 0 Å². The van der Waals surface area contributed by atoms with Crippen molar-refractivity contribution in [2.24, 2.45) is 5.92 Å². The Morgan fingerprint density at radius 1 is 1.14 bits per heavy atom. The molecule has 8 nitrogen and oxygen atoms in total. The molecule has 180 valence electrons. The molecule has 3 aromatic rings. The molecule has 1 aromatic heterocycles. The summed E-state index contributed by atoms with van der Waals surface area (Å²) in [6.07, 6.45) is 4.17. The summed E-state index contributed by atoms with van der Waals surface area (Å²) in [5.74, 6) is 0.397. The first-order chi connectivity index (χ1) is 16.9. The van der Waals surface area contributed by atoms with Gasteiger partial charge in [0.1, 0.15) is 5.75 Å². The number of nitrogens with one attached hydrogen (secondary N) is 2. The maximum absolute atomic E-state index is 13.0. The highest BCUT2D eigenvalue weighted by Crippen LogP contribution is 2.52. The first kappa shape index (κ1) is 22.1. The Balaban J connectivity index is 1.07. The number of nitrogens with zero attached hydrogens (tertiary/aromatic N) is 2. The average molecular weight is 493 g/mol.